The molecule has 2 aliphatic carbocycles. The Bertz CT molecular complexity index is 280. The highest BCUT2D eigenvalue weighted by molar-refractivity contribution is 5.78. The first-order valence-electron chi connectivity index (χ1n) is 8.29. The molecule has 0 bridgehead atoms. The van der Waals surface area contributed by atoms with Gasteiger partial charge in [-0.1, -0.05) is 32.1 Å². The fourth-order valence-corrected chi connectivity index (χ4v) is 3.91. The van der Waals surface area contributed by atoms with Crippen molar-refractivity contribution in [3.05, 3.63) is 0 Å². The molecule has 0 heterocycles. The maximum atomic E-state index is 12.2. The standard InChI is InChI=1S/C16H30N2O/c17-10-4-1-5-11-18-16(19)15-9-8-13-6-2-3-7-14(13)12-15/h13-15H,1-12,17H2,(H,18,19). The van der Waals surface area contributed by atoms with E-state index in [-0.39, 0.29) is 0 Å². The topological polar surface area (TPSA) is 55.1 Å². The minimum atomic E-state index is 0.300. The number of fused-ring (bicyclic) bond motifs is 1. The molecule has 0 aromatic carbocycles. The SMILES string of the molecule is NCCCCCNC(=O)C1CCC2CCCCC2C1. The predicted molar refractivity (Wildman–Crippen MR) is 78.7 cm³/mol. The van der Waals surface area contributed by atoms with Crippen molar-refractivity contribution < 1.29 is 4.79 Å². The molecular weight excluding hydrogens is 236 g/mol. The third kappa shape index (κ3) is 4.48. The van der Waals surface area contributed by atoms with Gasteiger partial charge in [-0.2, -0.15) is 0 Å². The van der Waals surface area contributed by atoms with Crippen LogP contribution in [0.5, 0.6) is 0 Å². The van der Waals surface area contributed by atoms with Crippen LogP contribution in [0, 0.1) is 17.8 Å². The fraction of sp³-hybridized carbons (Fsp3) is 0.938. The number of nitrogens with one attached hydrogen (secondary N) is 1. The molecule has 2 aliphatic rings. The van der Waals surface area contributed by atoms with Gasteiger partial charge in [0.1, 0.15) is 0 Å². The van der Waals surface area contributed by atoms with Crippen LogP contribution >= 0.6 is 0 Å². The summed E-state index contributed by atoms with van der Waals surface area (Å²) in [4.78, 5) is 12.2. The molecule has 110 valence electrons. The molecule has 0 spiro atoms. The van der Waals surface area contributed by atoms with E-state index in [2.05, 4.69) is 5.32 Å². The minimum absolute atomic E-state index is 0.300. The summed E-state index contributed by atoms with van der Waals surface area (Å²) in [6.45, 7) is 1.60. The van der Waals surface area contributed by atoms with Crippen molar-refractivity contribution in [2.75, 3.05) is 13.1 Å². The minimum Gasteiger partial charge on any atom is -0.356 e. The van der Waals surface area contributed by atoms with Crippen LogP contribution in [0.15, 0.2) is 0 Å². The number of rotatable bonds is 6. The highest BCUT2D eigenvalue weighted by atomic mass is 16.1. The number of hydrogen-bond acceptors (Lipinski definition) is 2. The van der Waals surface area contributed by atoms with Gasteiger partial charge >= 0.3 is 0 Å². The van der Waals surface area contributed by atoms with E-state index in [9.17, 15) is 4.79 Å². The quantitative estimate of drug-likeness (QED) is 0.726. The Morgan fingerprint density at radius 1 is 1.00 bits per heavy atom. The van der Waals surface area contributed by atoms with Crippen LogP contribution in [-0.4, -0.2) is 19.0 Å². The summed E-state index contributed by atoms with van der Waals surface area (Å²) in [5, 5.41) is 3.13. The maximum Gasteiger partial charge on any atom is 0.223 e. The molecular formula is C16H30N2O. The lowest BCUT2D eigenvalue weighted by Crippen LogP contribution is -2.37. The van der Waals surface area contributed by atoms with Crippen molar-refractivity contribution in [3.8, 4) is 0 Å². The molecule has 0 aliphatic heterocycles. The monoisotopic (exact) mass is 266 g/mol. The van der Waals surface area contributed by atoms with Crippen molar-refractivity contribution in [2.24, 2.45) is 23.5 Å². The lowest BCUT2D eigenvalue weighted by atomic mass is 9.67. The highest BCUT2D eigenvalue weighted by Crippen LogP contribution is 2.42. The van der Waals surface area contributed by atoms with E-state index in [1.54, 1.807) is 0 Å². The Labute approximate surface area is 117 Å². The third-order valence-corrected chi connectivity index (χ3v) is 5.09. The molecule has 1 amide bonds. The molecule has 0 saturated heterocycles. The van der Waals surface area contributed by atoms with E-state index in [0.29, 0.717) is 11.8 Å². The Hall–Kier alpha value is -0.570. The van der Waals surface area contributed by atoms with Crippen molar-refractivity contribution in [3.63, 3.8) is 0 Å². The number of hydrogen-bond donors (Lipinski definition) is 2. The molecule has 19 heavy (non-hydrogen) atoms. The zero-order valence-electron chi connectivity index (χ0n) is 12.2. The Morgan fingerprint density at radius 3 is 2.58 bits per heavy atom. The van der Waals surface area contributed by atoms with Crippen molar-refractivity contribution in [1.29, 1.82) is 0 Å². The first-order valence-corrected chi connectivity index (χ1v) is 8.29. The lowest BCUT2D eigenvalue weighted by molar-refractivity contribution is -0.127. The second kappa shape index (κ2) is 7.88. The first-order chi connectivity index (χ1) is 9.31. The zero-order valence-corrected chi connectivity index (χ0v) is 12.2. The van der Waals surface area contributed by atoms with E-state index >= 15 is 0 Å². The average Bonchev–Trinajstić information content (AvgIpc) is 2.46. The van der Waals surface area contributed by atoms with Gasteiger partial charge in [0.05, 0.1) is 0 Å². The van der Waals surface area contributed by atoms with Gasteiger partial charge in [-0.05, 0) is 50.5 Å². The maximum absolute atomic E-state index is 12.2. The van der Waals surface area contributed by atoms with E-state index in [1.165, 1.54) is 32.1 Å². The summed E-state index contributed by atoms with van der Waals surface area (Å²) in [5.74, 6) is 2.39. The summed E-state index contributed by atoms with van der Waals surface area (Å²) in [6.07, 6.45) is 12.4. The van der Waals surface area contributed by atoms with Crippen molar-refractivity contribution in [2.45, 2.75) is 64.2 Å². The van der Waals surface area contributed by atoms with Gasteiger partial charge in [0, 0.05) is 12.5 Å². The molecule has 0 aromatic heterocycles. The highest BCUT2D eigenvalue weighted by Gasteiger charge is 2.34. The van der Waals surface area contributed by atoms with Gasteiger partial charge in [-0.25, -0.2) is 0 Å². The van der Waals surface area contributed by atoms with Crippen LogP contribution in [0.4, 0.5) is 0 Å². The van der Waals surface area contributed by atoms with Crippen LogP contribution in [-0.2, 0) is 4.79 Å². The molecule has 3 N–H and O–H groups in total. The average molecular weight is 266 g/mol. The lowest BCUT2D eigenvalue weighted by Gasteiger charge is -2.38. The van der Waals surface area contributed by atoms with E-state index in [1.807, 2.05) is 0 Å². The van der Waals surface area contributed by atoms with Gasteiger partial charge in [0.15, 0.2) is 0 Å². The predicted octanol–water partition coefficient (Wildman–Crippen LogP) is 2.84. The number of carbonyl (C=O) groups excluding carboxylic acids is 1. The molecule has 3 nitrogen and oxygen atoms in total. The molecule has 0 radical (unpaired) electrons. The second-order valence-corrected chi connectivity index (χ2v) is 6.45. The van der Waals surface area contributed by atoms with E-state index < -0.39 is 0 Å². The molecule has 2 saturated carbocycles. The summed E-state index contributed by atoms with van der Waals surface area (Å²) in [6, 6.07) is 0. The van der Waals surface area contributed by atoms with Crippen LogP contribution in [0.1, 0.15) is 64.2 Å². The fourth-order valence-electron chi connectivity index (χ4n) is 3.91. The number of amides is 1. The third-order valence-electron chi connectivity index (χ3n) is 5.09. The molecule has 3 atom stereocenters. The van der Waals surface area contributed by atoms with Gasteiger partial charge in [0.2, 0.25) is 5.91 Å². The Morgan fingerprint density at radius 2 is 1.79 bits per heavy atom. The summed E-state index contributed by atoms with van der Waals surface area (Å²) in [7, 11) is 0. The molecule has 2 rings (SSSR count). The Balaban J connectivity index is 1.65. The summed E-state index contributed by atoms with van der Waals surface area (Å²) in [5.41, 5.74) is 5.46. The van der Waals surface area contributed by atoms with E-state index in [4.69, 9.17) is 5.73 Å². The molecule has 0 aromatic rings. The Kier molecular flexibility index (Phi) is 6.15. The van der Waals surface area contributed by atoms with Crippen molar-refractivity contribution >= 4 is 5.91 Å². The summed E-state index contributed by atoms with van der Waals surface area (Å²) >= 11 is 0. The first kappa shape index (κ1) is 14.8. The molecule has 2 fully saturated rings. The van der Waals surface area contributed by atoms with Crippen LogP contribution in [0.2, 0.25) is 0 Å². The van der Waals surface area contributed by atoms with Gasteiger partial charge in [-0.3, -0.25) is 4.79 Å². The van der Waals surface area contributed by atoms with Gasteiger partial charge in [0.25, 0.3) is 0 Å². The number of carbonyl (C=O) groups is 1. The smallest absolute Gasteiger partial charge is 0.223 e. The van der Waals surface area contributed by atoms with E-state index in [0.717, 1.165) is 57.0 Å². The normalized spacial score (nSPS) is 30.7. The summed E-state index contributed by atoms with van der Waals surface area (Å²) < 4.78 is 0. The molecule has 3 heteroatoms. The molecule has 3 unspecified atom stereocenters. The van der Waals surface area contributed by atoms with Crippen LogP contribution < -0.4 is 11.1 Å². The van der Waals surface area contributed by atoms with Gasteiger partial charge < -0.3 is 11.1 Å². The second-order valence-electron chi connectivity index (χ2n) is 6.45. The van der Waals surface area contributed by atoms with Crippen molar-refractivity contribution in [1.82, 2.24) is 5.32 Å². The van der Waals surface area contributed by atoms with Gasteiger partial charge in [-0.15, -0.1) is 0 Å². The largest absolute Gasteiger partial charge is 0.356 e. The zero-order chi connectivity index (χ0) is 13.5. The number of nitrogens with two attached hydrogens (primary N) is 1. The van der Waals surface area contributed by atoms with Crippen LogP contribution in [0.25, 0.3) is 0 Å². The van der Waals surface area contributed by atoms with Crippen LogP contribution in [0.3, 0.4) is 0 Å². The number of unbranched alkanes of at least 4 members (excludes halogenated alkanes) is 2.